The number of hydrogen-bond donors (Lipinski definition) is 2. The van der Waals surface area contributed by atoms with Crippen LogP contribution in [0.15, 0.2) is 12.1 Å². The summed E-state index contributed by atoms with van der Waals surface area (Å²) in [6.07, 6.45) is 20.0. The quantitative estimate of drug-likeness (QED) is 0.0898. The zero-order valence-electron chi connectivity index (χ0n) is 24.2. The molecule has 1 aromatic rings. The topological polar surface area (TPSA) is 109 Å². The second-order valence-electron chi connectivity index (χ2n) is 10.5. The molecule has 1 unspecified atom stereocenters. The van der Waals surface area contributed by atoms with Crippen molar-refractivity contribution in [3.05, 3.63) is 34.6 Å². The fourth-order valence-corrected chi connectivity index (χ4v) is 4.80. The number of halogens is 1. The molecule has 0 bridgehead atoms. The van der Waals surface area contributed by atoms with Crippen LogP contribution in [0.4, 0.5) is 4.39 Å². The van der Waals surface area contributed by atoms with Gasteiger partial charge in [0.05, 0.1) is 31.5 Å². The largest absolute Gasteiger partial charge is 0.469 e. The summed E-state index contributed by atoms with van der Waals surface area (Å²) in [7, 11) is -4.66. The summed E-state index contributed by atoms with van der Waals surface area (Å²) in [6.45, 7) is 4.01. The molecule has 9 heteroatoms. The molecule has 0 fully saturated rings. The van der Waals surface area contributed by atoms with Crippen LogP contribution < -0.4 is 0 Å². The Morgan fingerprint density at radius 2 is 1.38 bits per heavy atom. The monoisotopic (exact) mass is 571 g/mol. The van der Waals surface area contributed by atoms with E-state index < -0.39 is 19.7 Å². The van der Waals surface area contributed by atoms with Crippen molar-refractivity contribution >= 4 is 7.82 Å². The fraction of sp³-hybridized carbons (Fsp3) is 0.767. The first-order valence-electron chi connectivity index (χ1n) is 14.8. The van der Waals surface area contributed by atoms with Crippen molar-refractivity contribution in [2.75, 3.05) is 19.8 Å². The molecule has 0 aliphatic rings. The molecule has 0 aliphatic heterocycles. The van der Waals surface area contributed by atoms with Crippen molar-refractivity contribution in [1.82, 2.24) is 0 Å². The van der Waals surface area contributed by atoms with Crippen LogP contribution in [0, 0.1) is 24.1 Å². The predicted octanol–water partition coefficient (Wildman–Crippen LogP) is 8.28. The van der Waals surface area contributed by atoms with Gasteiger partial charge in [-0.2, -0.15) is 5.26 Å². The van der Waals surface area contributed by atoms with Gasteiger partial charge in [-0.3, -0.25) is 4.52 Å². The van der Waals surface area contributed by atoms with Crippen molar-refractivity contribution in [1.29, 1.82) is 5.26 Å². The number of benzene rings is 1. The van der Waals surface area contributed by atoms with Crippen LogP contribution in [0.2, 0.25) is 0 Å². The summed E-state index contributed by atoms with van der Waals surface area (Å²) in [5.74, 6) is -0.504. The Balaban J connectivity index is 2.13. The lowest BCUT2D eigenvalue weighted by atomic mass is 10.0. The number of phosphoric ester groups is 1. The Morgan fingerprint density at radius 3 is 1.87 bits per heavy atom. The molecule has 0 spiro atoms. The van der Waals surface area contributed by atoms with Gasteiger partial charge in [-0.05, 0) is 31.0 Å². The highest BCUT2D eigenvalue weighted by molar-refractivity contribution is 7.46. The van der Waals surface area contributed by atoms with Crippen LogP contribution in [-0.4, -0.2) is 35.7 Å². The fourth-order valence-electron chi connectivity index (χ4n) is 4.44. The lowest BCUT2D eigenvalue weighted by molar-refractivity contribution is -0.0493. The Kier molecular flexibility index (Phi) is 20.5. The number of unbranched alkanes of at least 4 members (excludes halogenated alkanes) is 15. The summed E-state index contributed by atoms with van der Waals surface area (Å²) in [4.78, 5) is 18.0. The van der Waals surface area contributed by atoms with Crippen molar-refractivity contribution in [3.63, 3.8) is 0 Å². The molecule has 0 saturated carbocycles. The first-order valence-corrected chi connectivity index (χ1v) is 16.4. The minimum atomic E-state index is -4.66. The minimum absolute atomic E-state index is 0.0382. The van der Waals surface area contributed by atoms with Gasteiger partial charge < -0.3 is 19.3 Å². The van der Waals surface area contributed by atoms with E-state index in [1.165, 1.54) is 109 Å². The summed E-state index contributed by atoms with van der Waals surface area (Å²) in [5.41, 5.74) is 0.940. The molecule has 2 N–H and O–H groups in total. The third kappa shape index (κ3) is 19.4. The van der Waals surface area contributed by atoms with E-state index in [2.05, 4.69) is 11.4 Å². The molecule has 0 aromatic heterocycles. The maximum atomic E-state index is 14.0. The molecule has 0 amide bonds. The molecule has 1 aromatic carbocycles. The van der Waals surface area contributed by atoms with Crippen LogP contribution in [-0.2, 0) is 25.2 Å². The van der Waals surface area contributed by atoms with Crippen molar-refractivity contribution in [3.8, 4) is 6.07 Å². The summed E-state index contributed by atoms with van der Waals surface area (Å²) >= 11 is 0. The maximum Gasteiger partial charge on any atom is 0.469 e. The van der Waals surface area contributed by atoms with Crippen LogP contribution in [0.1, 0.15) is 126 Å². The molecule has 0 heterocycles. The van der Waals surface area contributed by atoms with Gasteiger partial charge in [0.15, 0.2) is 0 Å². The van der Waals surface area contributed by atoms with Crippen molar-refractivity contribution in [2.45, 2.75) is 129 Å². The van der Waals surface area contributed by atoms with E-state index in [0.717, 1.165) is 12.8 Å². The average molecular weight is 572 g/mol. The van der Waals surface area contributed by atoms with Gasteiger partial charge in [-0.25, -0.2) is 8.96 Å². The smallest absolute Gasteiger partial charge is 0.379 e. The predicted molar refractivity (Wildman–Crippen MR) is 153 cm³/mol. The number of hydrogen-bond acceptors (Lipinski definition) is 5. The molecule has 39 heavy (non-hydrogen) atoms. The number of nitrogens with zero attached hydrogens (tertiary/aromatic N) is 1. The van der Waals surface area contributed by atoms with Gasteiger partial charge in [-0.15, -0.1) is 0 Å². The number of phosphoric acid groups is 1. The highest BCUT2D eigenvalue weighted by Crippen LogP contribution is 2.36. The lowest BCUT2D eigenvalue weighted by Crippen LogP contribution is -2.25. The number of rotatable bonds is 25. The Morgan fingerprint density at radius 1 is 0.872 bits per heavy atom. The molecule has 7 nitrogen and oxygen atoms in total. The van der Waals surface area contributed by atoms with Gasteiger partial charge >= 0.3 is 7.82 Å². The second-order valence-corrected chi connectivity index (χ2v) is 11.7. The van der Waals surface area contributed by atoms with Gasteiger partial charge in [-0.1, -0.05) is 103 Å². The van der Waals surface area contributed by atoms with Crippen LogP contribution in [0.5, 0.6) is 0 Å². The highest BCUT2D eigenvalue weighted by atomic mass is 31.2. The standard InChI is InChI=1S/C30H51FNO6P/c1-3-4-5-6-7-8-9-10-11-12-13-14-15-16-17-18-19-36-24-29(25-38-39(33,34)35)37-23-27-20-28(22-32)26(2)30(31)21-27/h20-21,29H,3-19,23-25H2,1-2H3,(H2,33,34,35). The van der Waals surface area contributed by atoms with E-state index in [1.807, 2.05) is 6.07 Å². The van der Waals surface area contributed by atoms with Crippen LogP contribution >= 0.6 is 7.82 Å². The van der Waals surface area contributed by atoms with Crippen molar-refractivity contribution < 1.29 is 32.7 Å². The first-order chi connectivity index (χ1) is 18.8. The molecule has 1 rings (SSSR count). The molecule has 0 radical (unpaired) electrons. The van der Waals surface area contributed by atoms with Gasteiger partial charge in [0.1, 0.15) is 11.9 Å². The van der Waals surface area contributed by atoms with Gasteiger partial charge in [0.25, 0.3) is 0 Å². The summed E-state index contributed by atoms with van der Waals surface area (Å²) in [5, 5.41) is 9.16. The third-order valence-corrected chi connectivity index (χ3v) is 7.37. The Labute approximate surface area is 235 Å². The average Bonchev–Trinajstić information content (AvgIpc) is 2.90. The van der Waals surface area contributed by atoms with Gasteiger partial charge in [0, 0.05) is 12.2 Å². The second kappa shape index (κ2) is 22.4. The third-order valence-electron chi connectivity index (χ3n) is 6.88. The molecule has 1 atom stereocenters. The lowest BCUT2D eigenvalue weighted by Gasteiger charge is -2.19. The van der Waals surface area contributed by atoms with E-state index in [0.29, 0.717) is 12.2 Å². The normalized spacial score (nSPS) is 12.5. The van der Waals surface area contributed by atoms with Gasteiger partial charge in [0.2, 0.25) is 0 Å². The van der Waals surface area contributed by atoms with E-state index in [9.17, 15) is 8.96 Å². The van der Waals surface area contributed by atoms with E-state index in [1.54, 1.807) is 0 Å². The molecule has 224 valence electrons. The number of ether oxygens (including phenoxy) is 2. The SMILES string of the molecule is CCCCCCCCCCCCCCCCCCOCC(COP(=O)(O)O)OCc1cc(F)c(C)c(C#N)c1. The molecule has 0 aliphatic carbocycles. The Hall–Kier alpha value is -1.33. The minimum Gasteiger partial charge on any atom is -0.379 e. The molecule has 0 saturated heterocycles. The molecular weight excluding hydrogens is 520 g/mol. The Bertz CT molecular complexity index is 857. The van der Waals surface area contributed by atoms with Crippen LogP contribution in [0.25, 0.3) is 0 Å². The van der Waals surface area contributed by atoms with E-state index >= 15 is 0 Å². The number of nitriles is 1. The summed E-state index contributed by atoms with van der Waals surface area (Å²) < 4.78 is 41.1. The van der Waals surface area contributed by atoms with Crippen molar-refractivity contribution in [2.24, 2.45) is 0 Å². The molecular formula is C30H51FNO6P. The van der Waals surface area contributed by atoms with Crippen LogP contribution in [0.3, 0.4) is 0 Å². The first kappa shape index (κ1) is 35.7. The zero-order valence-corrected chi connectivity index (χ0v) is 25.1. The summed E-state index contributed by atoms with van der Waals surface area (Å²) in [6, 6.07) is 4.77. The maximum absolute atomic E-state index is 14.0. The van der Waals surface area contributed by atoms with E-state index in [-0.39, 0.29) is 30.9 Å². The zero-order chi connectivity index (χ0) is 28.8. The highest BCUT2D eigenvalue weighted by Gasteiger charge is 2.19. The van der Waals surface area contributed by atoms with E-state index in [4.69, 9.17) is 24.5 Å².